The van der Waals surface area contributed by atoms with Gasteiger partial charge in [-0.2, -0.15) is 0 Å². The second-order valence-corrected chi connectivity index (χ2v) is 17.2. The van der Waals surface area contributed by atoms with Crippen LogP contribution in [0.1, 0.15) is 22.3 Å². The SMILES string of the molecule is c1ccc(-c2ccc(CCc3cc(-n4c5ccccc5c5ccccc54)ccc3-c3ccc(-n4c5ccccc5c5ccccc54)cc3CCc3ccc(-c4ccccn4)cc3)cc2)nc1. The highest BCUT2D eigenvalue weighted by atomic mass is 15.0. The topological polar surface area (TPSA) is 35.6 Å². The Balaban J connectivity index is 0.991. The summed E-state index contributed by atoms with van der Waals surface area (Å²) in [5.74, 6) is 0. The van der Waals surface area contributed by atoms with E-state index in [-0.39, 0.29) is 0 Å². The second kappa shape index (κ2) is 17.0. The van der Waals surface area contributed by atoms with E-state index in [9.17, 15) is 0 Å². The fourth-order valence-corrected chi connectivity index (χ4v) is 10.1. The van der Waals surface area contributed by atoms with Gasteiger partial charge in [0, 0.05) is 56.4 Å². The number of rotatable bonds is 11. The summed E-state index contributed by atoms with van der Waals surface area (Å²) in [7, 11) is 0. The molecule has 66 heavy (non-hydrogen) atoms. The van der Waals surface area contributed by atoms with Crippen LogP contribution in [0.4, 0.5) is 0 Å². The maximum Gasteiger partial charge on any atom is 0.0701 e. The Labute approximate surface area is 384 Å². The van der Waals surface area contributed by atoms with Crippen LogP contribution < -0.4 is 0 Å². The number of para-hydroxylation sites is 4. The largest absolute Gasteiger partial charge is 0.309 e. The lowest BCUT2D eigenvalue weighted by atomic mass is 9.89. The first-order chi connectivity index (χ1) is 32.7. The average Bonchev–Trinajstić information content (AvgIpc) is 3.91. The molecule has 0 saturated carbocycles. The molecule has 0 aliphatic carbocycles. The molecule has 8 aromatic carbocycles. The Kier molecular flexibility index (Phi) is 10.1. The standard InChI is InChI=1S/C62H46N4/c1-5-19-59-53(13-1)54-14-2-6-20-60(54)65(59)49-35-37-51(47(41-49)33-27-43-23-29-45(30-24-43)57-17-9-11-39-63-57)52-38-36-50(66-61-21-7-3-15-55(61)56-16-4-8-22-62(56)66)42-48(52)34-28-44-25-31-46(32-26-44)58-18-10-12-40-64-58/h1-26,29-32,35-42H,27-28,33-34H2. The van der Waals surface area contributed by atoms with E-state index in [0.29, 0.717) is 0 Å². The Hall–Kier alpha value is -8.34. The Bertz CT molecular complexity index is 3320. The van der Waals surface area contributed by atoms with Crippen molar-refractivity contribution in [2.24, 2.45) is 0 Å². The number of hydrogen-bond acceptors (Lipinski definition) is 2. The van der Waals surface area contributed by atoms with Gasteiger partial charge >= 0.3 is 0 Å². The van der Waals surface area contributed by atoms with Gasteiger partial charge in [-0.1, -0.05) is 146 Å². The van der Waals surface area contributed by atoms with E-state index in [2.05, 4.69) is 213 Å². The summed E-state index contributed by atoms with van der Waals surface area (Å²) in [4.78, 5) is 9.20. The van der Waals surface area contributed by atoms with Gasteiger partial charge in [-0.25, -0.2) is 0 Å². The Morgan fingerprint density at radius 1 is 0.303 bits per heavy atom. The third-order valence-corrected chi connectivity index (χ3v) is 13.3. The lowest BCUT2D eigenvalue weighted by Gasteiger charge is -2.19. The number of pyridine rings is 2. The molecule has 0 aliphatic heterocycles. The van der Waals surface area contributed by atoms with Crippen LogP contribution in [-0.4, -0.2) is 19.1 Å². The van der Waals surface area contributed by atoms with E-state index in [1.165, 1.54) is 88.4 Å². The molecule has 314 valence electrons. The number of aryl methyl sites for hydroxylation is 4. The summed E-state index contributed by atoms with van der Waals surface area (Å²) in [6, 6.07) is 79.6. The van der Waals surface area contributed by atoms with Gasteiger partial charge in [0.25, 0.3) is 0 Å². The molecule has 0 aliphatic rings. The molecule has 0 amide bonds. The molecule has 0 radical (unpaired) electrons. The van der Waals surface area contributed by atoms with Crippen molar-refractivity contribution in [1.29, 1.82) is 0 Å². The highest BCUT2D eigenvalue weighted by molar-refractivity contribution is 6.10. The van der Waals surface area contributed by atoms with Crippen molar-refractivity contribution >= 4 is 43.6 Å². The van der Waals surface area contributed by atoms with E-state index in [1.807, 2.05) is 36.7 Å². The summed E-state index contributed by atoms with van der Waals surface area (Å²) in [6.07, 6.45) is 7.29. The predicted molar refractivity (Wildman–Crippen MR) is 275 cm³/mol. The molecule has 0 spiro atoms. The van der Waals surface area contributed by atoms with Gasteiger partial charge in [-0.05, 0) is 132 Å². The van der Waals surface area contributed by atoms with Crippen LogP contribution in [0.25, 0.3) is 88.6 Å². The lowest BCUT2D eigenvalue weighted by molar-refractivity contribution is 0.947. The van der Waals surface area contributed by atoms with E-state index in [1.54, 1.807) is 0 Å². The number of hydrogen-bond donors (Lipinski definition) is 0. The van der Waals surface area contributed by atoms with Crippen molar-refractivity contribution in [3.8, 4) is 45.0 Å². The molecule has 4 heteroatoms. The minimum Gasteiger partial charge on any atom is -0.309 e. The number of fused-ring (bicyclic) bond motifs is 6. The molecule has 0 N–H and O–H groups in total. The molecule has 0 atom stereocenters. The van der Waals surface area contributed by atoms with E-state index < -0.39 is 0 Å². The van der Waals surface area contributed by atoms with Gasteiger partial charge in [0.15, 0.2) is 0 Å². The Morgan fingerprint density at radius 3 is 1.00 bits per heavy atom. The van der Waals surface area contributed by atoms with E-state index >= 15 is 0 Å². The number of benzene rings is 8. The highest BCUT2D eigenvalue weighted by Gasteiger charge is 2.18. The van der Waals surface area contributed by atoms with Crippen molar-refractivity contribution < 1.29 is 0 Å². The molecular formula is C62H46N4. The maximum absolute atomic E-state index is 4.60. The van der Waals surface area contributed by atoms with E-state index in [4.69, 9.17) is 0 Å². The molecule has 4 nitrogen and oxygen atoms in total. The van der Waals surface area contributed by atoms with Crippen molar-refractivity contribution in [2.75, 3.05) is 0 Å². The Morgan fingerprint density at radius 2 is 0.652 bits per heavy atom. The normalized spacial score (nSPS) is 11.6. The summed E-state index contributed by atoms with van der Waals surface area (Å²) in [5, 5.41) is 5.07. The highest BCUT2D eigenvalue weighted by Crippen LogP contribution is 2.38. The minimum absolute atomic E-state index is 0.881. The summed E-state index contributed by atoms with van der Waals surface area (Å²) >= 11 is 0. The van der Waals surface area contributed by atoms with Crippen LogP contribution in [0.3, 0.4) is 0 Å². The maximum atomic E-state index is 4.60. The number of aromatic nitrogens is 4. The van der Waals surface area contributed by atoms with Crippen molar-refractivity contribution in [1.82, 2.24) is 19.1 Å². The minimum atomic E-state index is 0.881. The molecule has 12 aromatic rings. The number of nitrogens with zero attached hydrogens (tertiary/aromatic N) is 4. The molecule has 4 aromatic heterocycles. The molecule has 0 fully saturated rings. The summed E-state index contributed by atoms with van der Waals surface area (Å²) < 4.78 is 4.89. The van der Waals surface area contributed by atoms with Crippen LogP contribution in [0, 0.1) is 0 Å². The second-order valence-electron chi connectivity index (χ2n) is 17.2. The van der Waals surface area contributed by atoms with E-state index in [0.717, 1.165) is 48.2 Å². The average molecular weight is 847 g/mol. The van der Waals surface area contributed by atoms with Crippen LogP contribution in [0.5, 0.6) is 0 Å². The molecule has 4 heterocycles. The molecule has 12 rings (SSSR count). The molecular weight excluding hydrogens is 801 g/mol. The molecule has 0 saturated heterocycles. The van der Waals surface area contributed by atoms with Gasteiger partial charge in [0.2, 0.25) is 0 Å². The van der Waals surface area contributed by atoms with Crippen LogP contribution >= 0.6 is 0 Å². The van der Waals surface area contributed by atoms with Crippen LogP contribution in [0.15, 0.2) is 231 Å². The first kappa shape index (κ1) is 39.3. The van der Waals surface area contributed by atoms with Crippen molar-refractivity contribution in [3.05, 3.63) is 253 Å². The smallest absolute Gasteiger partial charge is 0.0701 e. The first-order valence-electron chi connectivity index (χ1n) is 23.0. The zero-order valence-electron chi connectivity index (χ0n) is 36.6. The first-order valence-corrected chi connectivity index (χ1v) is 23.0. The predicted octanol–water partition coefficient (Wildman–Crippen LogP) is 15.2. The quantitative estimate of drug-likeness (QED) is 0.130. The van der Waals surface area contributed by atoms with Gasteiger partial charge in [-0.3, -0.25) is 9.97 Å². The zero-order valence-corrected chi connectivity index (χ0v) is 36.6. The third kappa shape index (κ3) is 7.23. The van der Waals surface area contributed by atoms with Crippen molar-refractivity contribution in [2.45, 2.75) is 25.7 Å². The fourth-order valence-electron chi connectivity index (χ4n) is 10.1. The molecule has 0 unspecified atom stereocenters. The summed E-state index contributed by atoms with van der Waals surface area (Å²) in [5.41, 5.74) is 19.3. The zero-order chi connectivity index (χ0) is 43.8. The van der Waals surface area contributed by atoms with Gasteiger partial charge in [0.05, 0.1) is 33.5 Å². The molecule has 0 bridgehead atoms. The lowest BCUT2D eigenvalue weighted by Crippen LogP contribution is -2.03. The van der Waals surface area contributed by atoms with Gasteiger partial charge in [-0.15, -0.1) is 0 Å². The van der Waals surface area contributed by atoms with Crippen LogP contribution in [0.2, 0.25) is 0 Å². The van der Waals surface area contributed by atoms with Crippen LogP contribution in [-0.2, 0) is 25.7 Å². The monoisotopic (exact) mass is 846 g/mol. The van der Waals surface area contributed by atoms with Crippen molar-refractivity contribution in [3.63, 3.8) is 0 Å². The fraction of sp³-hybridized carbons (Fsp3) is 0.0645. The van der Waals surface area contributed by atoms with Gasteiger partial charge < -0.3 is 9.13 Å². The summed E-state index contributed by atoms with van der Waals surface area (Å²) in [6.45, 7) is 0. The van der Waals surface area contributed by atoms with Gasteiger partial charge in [0.1, 0.15) is 0 Å². The third-order valence-electron chi connectivity index (χ3n) is 13.3.